The van der Waals surface area contributed by atoms with Gasteiger partial charge in [-0.05, 0) is 52.9 Å². The molecule has 0 radical (unpaired) electrons. The average Bonchev–Trinajstić information content (AvgIpc) is 3.45. The number of carbonyl (C=O) groups excluding carboxylic acids is 1. The fraction of sp³-hybridized carbons (Fsp3) is 0.229. The van der Waals surface area contributed by atoms with Crippen LogP contribution in [0.2, 0.25) is 10.0 Å². The molecular weight excluding hydrogens is 625 g/mol. The van der Waals surface area contributed by atoms with Crippen LogP contribution in [0, 0.1) is 0 Å². The van der Waals surface area contributed by atoms with Crippen molar-refractivity contribution >= 4 is 41.1 Å². The maximum atomic E-state index is 13.9. The molecule has 1 atom stereocenters. The van der Waals surface area contributed by atoms with Crippen molar-refractivity contribution in [1.29, 1.82) is 0 Å². The van der Waals surface area contributed by atoms with Crippen LogP contribution in [0.4, 0.5) is 4.79 Å². The van der Waals surface area contributed by atoms with Crippen molar-refractivity contribution in [1.82, 2.24) is 25.0 Å². The third-order valence-electron chi connectivity index (χ3n) is 7.14. The van der Waals surface area contributed by atoms with E-state index in [0.29, 0.717) is 35.4 Å². The number of halogens is 2. The summed E-state index contributed by atoms with van der Waals surface area (Å²) in [7, 11) is 1.74. The van der Waals surface area contributed by atoms with Crippen LogP contribution in [-0.2, 0) is 24.2 Å². The Bertz CT molecular complexity index is 1630. The number of aromatic amines is 1. The van der Waals surface area contributed by atoms with Gasteiger partial charge in [0.05, 0.1) is 5.69 Å². The predicted octanol–water partition coefficient (Wildman–Crippen LogP) is 9.36. The van der Waals surface area contributed by atoms with Crippen LogP contribution in [0.15, 0.2) is 113 Å². The number of nitrogens with one attached hydrogen (secondary N) is 1. The topological polar surface area (TPSA) is 74.4 Å². The van der Waals surface area contributed by atoms with Crippen LogP contribution < -0.4 is 0 Å². The Morgan fingerprint density at radius 1 is 0.867 bits per heavy atom. The largest absolute Gasteiger partial charge is 0.437 e. The molecule has 0 aliphatic heterocycles. The number of amides is 1. The summed E-state index contributed by atoms with van der Waals surface area (Å²) in [6.45, 7) is 5.21. The van der Waals surface area contributed by atoms with Crippen molar-refractivity contribution in [3.8, 4) is 0 Å². The highest BCUT2D eigenvalue weighted by molar-refractivity contribution is 7.99. The van der Waals surface area contributed by atoms with Gasteiger partial charge in [-0.3, -0.25) is 4.98 Å². The second-order valence-electron chi connectivity index (χ2n) is 10.9. The van der Waals surface area contributed by atoms with Gasteiger partial charge in [-0.25, -0.2) is 19.8 Å². The van der Waals surface area contributed by atoms with Crippen molar-refractivity contribution < 1.29 is 9.53 Å². The second kappa shape index (κ2) is 15.5. The Balaban J connectivity index is 1.44. The molecule has 0 saturated carbocycles. The minimum Gasteiger partial charge on any atom is -0.437 e. The van der Waals surface area contributed by atoms with Gasteiger partial charge in [0.15, 0.2) is 6.10 Å². The summed E-state index contributed by atoms with van der Waals surface area (Å²) in [5, 5.41) is 5.48. The fourth-order valence-electron chi connectivity index (χ4n) is 4.81. The molecule has 0 fully saturated rings. The number of carbonyl (C=O) groups is 1. The first-order valence-electron chi connectivity index (χ1n) is 14.6. The third kappa shape index (κ3) is 9.11. The van der Waals surface area contributed by atoms with Gasteiger partial charge in [0, 0.05) is 53.9 Å². The first-order chi connectivity index (χ1) is 21.7. The molecule has 232 valence electrons. The Hall–Kier alpha value is -3.82. The Kier molecular flexibility index (Phi) is 11.2. The summed E-state index contributed by atoms with van der Waals surface area (Å²) in [6, 6.07) is 29.4. The first-order valence-corrected chi connectivity index (χ1v) is 16.2. The zero-order chi connectivity index (χ0) is 31.8. The first kappa shape index (κ1) is 32.6. The van der Waals surface area contributed by atoms with Gasteiger partial charge in [0.2, 0.25) is 0 Å². The molecule has 5 aromatic rings. The zero-order valence-corrected chi connectivity index (χ0v) is 27.7. The molecule has 1 unspecified atom stereocenters. The van der Waals surface area contributed by atoms with Gasteiger partial charge >= 0.3 is 6.09 Å². The van der Waals surface area contributed by atoms with Crippen LogP contribution >= 0.6 is 35.0 Å². The second-order valence-corrected chi connectivity index (χ2v) is 12.9. The highest BCUT2D eigenvalue weighted by Gasteiger charge is 2.28. The van der Waals surface area contributed by atoms with Gasteiger partial charge in [0.25, 0.3) is 0 Å². The molecule has 0 aliphatic carbocycles. The lowest BCUT2D eigenvalue weighted by atomic mass is 10.1. The molecule has 0 bridgehead atoms. The Labute approximate surface area is 278 Å². The van der Waals surface area contributed by atoms with Gasteiger partial charge in [0.1, 0.15) is 10.9 Å². The molecule has 45 heavy (non-hydrogen) atoms. The molecular formula is C35H35Cl2N5O2S. The van der Waals surface area contributed by atoms with E-state index in [1.807, 2.05) is 89.9 Å². The number of benzene rings is 3. The van der Waals surface area contributed by atoms with E-state index in [-0.39, 0.29) is 5.92 Å². The minimum absolute atomic E-state index is 0.111. The lowest BCUT2D eigenvalue weighted by Gasteiger charge is -2.32. The van der Waals surface area contributed by atoms with Crippen molar-refractivity contribution in [3.63, 3.8) is 0 Å². The number of aromatic nitrogens is 3. The molecule has 0 aliphatic rings. The van der Waals surface area contributed by atoms with E-state index in [2.05, 4.69) is 23.8 Å². The van der Waals surface area contributed by atoms with E-state index >= 15 is 0 Å². The number of rotatable bonds is 12. The molecule has 0 spiro atoms. The third-order valence-corrected chi connectivity index (χ3v) is 8.56. The van der Waals surface area contributed by atoms with Crippen LogP contribution in [0.5, 0.6) is 0 Å². The van der Waals surface area contributed by atoms with Gasteiger partial charge in [-0.1, -0.05) is 109 Å². The predicted molar refractivity (Wildman–Crippen MR) is 180 cm³/mol. The maximum absolute atomic E-state index is 13.9. The molecule has 2 aromatic heterocycles. The molecule has 2 heterocycles. The van der Waals surface area contributed by atoms with Crippen LogP contribution in [-0.4, -0.2) is 38.1 Å². The maximum Gasteiger partial charge on any atom is 0.424 e. The summed E-state index contributed by atoms with van der Waals surface area (Å²) >= 11 is 14.1. The number of hydrogen-bond acceptors (Lipinski definition) is 6. The molecule has 10 heteroatoms. The lowest BCUT2D eigenvalue weighted by Crippen LogP contribution is -2.43. The van der Waals surface area contributed by atoms with Crippen molar-refractivity contribution in [2.45, 2.75) is 55.3 Å². The SMILES string of the molecule is CC(C)c1nc(C(Cc2ccncc2)OC(=O)N(C)N(Cc2ccccc2)Cc2ccccc2)[nH]c1Sc1cc(Cl)cc(Cl)c1. The quantitative estimate of drug-likeness (QED) is 0.135. The molecule has 3 aromatic carbocycles. The Morgan fingerprint density at radius 2 is 1.44 bits per heavy atom. The monoisotopic (exact) mass is 659 g/mol. The van der Waals surface area contributed by atoms with Crippen molar-refractivity contribution in [3.05, 3.63) is 142 Å². The number of pyridine rings is 1. The molecule has 1 amide bonds. The summed E-state index contributed by atoms with van der Waals surface area (Å²) in [6.07, 6.45) is 2.70. The molecule has 7 nitrogen and oxygen atoms in total. The summed E-state index contributed by atoms with van der Waals surface area (Å²) in [5.41, 5.74) is 3.99. The van der Waals surface area contributed by atoms with Gasteiger partial charge in [-0.2, -0.15) is 0 Å². The Morgan fingerprint density at radius 3 is 2.00 bits per heavy atom. The normalized spacial score (nSPS) is 12.0. The smallest absolute Gasteiger partial charge is 0.424 e. The van der Waals surface area contributed by atoms with E-state index in [4.69, 9.17) is 32.9 Å². The van der Waals surface area contributed by atoms with E-state index in [1.165, 1.54) is 11.8 Å². The number of hydrazine groups is 1. The van der Waals surface area contributed by atoms with E-state index in [9.17, 15) is 4.79 Å². The number of H-pyrrole nitrogens is 1. The summed E-state index contributed by atoms with van der Waals surface area (Å²) in [4.78, 5) is 27.4. The van der Waals surface area contributed by atoms with Crippen molar-refractivity contribution in [2.75, 3.05) is 7.05 Å². The van der Waals surface area contributed by atoms with Crippen molar-refractivity contribution in [2.24, 2.45) is 0 Å². The molecule has 0 saturated heterocycles. The zero-order valence-electron chi connectivity index (χ0n) is 25.4. The van der Waals surface area contributed by atoms with E-state index in [1.54, 1.807) is 30.5 Å². The standard InChI is InChI=1S/C35H35Cl2N5O2S/c1-24(2)32-34(45-30-20-28(36)19-29(37)21-30)40-33(39-32)31(18-25-14-16-38-17-15-25)44-35(43)41(3)42(22-26-10-6-4-7-11-26)23-27-12-8-5-9-13-27/h4-17,19-21,24,31H,18,22-23H2,1-3H3,(H,39,40). The van der Waals surface area contributed by atoms with Gasteiger partial charge in [-0.15, -0.1) is 0 Å². The number of hydrogen-bond donors (Lipinski definition) is 1. The van der Waals surface area contributed by atoms with E-state index in [0.717, 1.165) is 32.3 Å². The number of ether oxygens (including phenoxy) is 1. The lowest BCUT2D eigenvalue weighted by molar-refractivity contribution is -0.0325. The summed E-state index contributed by atoms with van der Waals surface area (Å²) in [5.74, 6) is 0.671. The van der Waals surface area contributed by atoms with Gasteiger partial charge < -0.3 is 9.72 Å². The molecule has 5 rings (SSSR count). The number of nitrogens with zero attached hydrogens (tertiary/aromatic N) is 4. The van der Waals surface area contributed by atoms with Crippen LogP contribution in [0.1, 0.15) is 54.1 Å². The van der Waals surface area contributed by atoms with Crippen LogP contribution in [0.25, 0.3) is 0 Å². The molecule has 1 N–H and O–H groups in total. The highest BCUT2D eigenvalue weighted by Crippen LogP contribution is 2.37. The average molecular weight is 661 g/mol. The minimum atomic E-state index is -0.688. The van der Waals surface area contributed by atoms with Crippen LogP contribution in [0.3, 0.4) is 0 Å². The summed E-state index contributed by atoms with van der Waals surface area (Å²) < 4.78 is 6.27. The fourth-order valence-corrected chi connectivity index (χ4v) is 6.62. The van der Waals surface area contributed by atoms with E-state index < -0.39 is 12.2 Å². The highest BCUT2D eigenvalue weighted by atomic mass is 35.5. The number of imidazole rings is 1.